The number of methoxy groups -OCH3 is 2. The van der Waals surface area contributed by atoms with Crippen LogP contribution in [0, 0.1) is 0 Å². The molecule has 1 saturated heterocycles. The summed E-state index contributed by atoms with van der Waals surface area (Å²) in [6.45, 7) is 0.653. The first-order valence-corrected chi connectivity index (χ1v) is 7.44. The molecule has 7 heteroatoms. The van der Waals surface area contributed by atoms with Crippen LogP contribution in [0.2, 0.25) is 0 Å². The maximum absolute atomic E-state index is 12.1. The number of benzene rings is 1. The molecule has 0 radical (unpaired) electrons. The summed E-state index contributed by atoms with van der Waals surface area (Å²) in [5.41, 5.74) is 2.78. The molecule has 1 N–H and O–H groups in total. The van der Waals surface area contributed by atoms with E-state index in [-0.39, 0.29) is 12.2 Å². The van der Waals surface area contributed by atoms with E-state index >= 15 is 0 Å². The zero-order valence-electron chi connectivity index (χ0n) is 12.0. The van der Waals surface area contributed by atoms with Crippen LogP contribution in [0.5, 0.6) is 11.5 Å². The predicted molar refractivity (Wildman–Crippen MR) is 79.4 cm³/mol. The third-order valence-corrected chi connectivity index (χ3v) is 3.91. The van der Waals surface area contributed by atoms with Gasteiger partial charge < -0.3 is 14.2 Å². The standard InChI is InChI=1S/C14H18BrNO5/c1-18-10-7-9(8-11(19-2)13(10)15)14(17)16-21-12-5-3-4-6-20-12/h7-8,12H,3-6H2,1-2H3,(H,16,17)/t12-/m0/s1. The van der Waals surface area contributed by atoms with Crippen LogP contribution in [0.3, 0.4) is 0 Å². The second-order valence-corrected chi connectivity index (χ2v) is 5.33. The fraction of sp³-hybridized carbons (Fsp3) is 0.500. The van der Waals surface area contributed by atoms with Crippen molar-refractivity contribution >= 4 is 21.8 Å². The maximum atomic E-state index is 12.1. The highest BCUT2D eigenvalue weighted by molar-refractivity contribution is 9.10. The first kappa shape index (κ1) is 16.1. The largest absolute Gasteiger partial charge is 0.495 e. The van der Waals surface area contributed by atoms with Gasteiger partial charge in [-0.2, -0.15) is 0 Å². The Labute approximate surface area is 131 Å². The highest BCUT2D eigenvalue weighted by atomic mass is 79.9. The molecule has 1 amide bonds. The normalized spacial score (nSPS) is 18.1. The third-order valence-electron chi connectivity index (χ3n) is 3.13. The molecular weight excluding hydrogens is 342 g/mol. The molecule has 116 valence electrons. The lowest BCUT2D eigenvalue weighted by Gasteiger charge is -2.22. The molecule has 6 nitrogen and oxygen atoms in total. The zero-order chi connectivity index (χ0) is 15.2. The van der Waals surface area contributed by atoms with Gasteiger partial charge in [-0.3, -0.25) is 4.79 Å². The van der Waals surface area contributed by atoms with Gasteiger partial charge in [0.25, 0.3) is 5.91 Å². The molecule has 0 unspecified atom stereocenters. The van der Waals surface area contributed by atoms with Crippen molar-refractivity contribution in [3.63, 3.8) is 0 Å². The Morgan fingerprint density at radius 2 is 1.95 bits per heavy atom. The Kier molecular flexibility index (Phi) is 5.84. The molecule has 1 heterocycles. The number of carbonyl (C=O) groups is 1. The smallest absolute Gasteiger partial charge is 0.275 e. The van der Waals surface area contributed by atoms with Gasteiger partial charge in [-0.05, 0) is 40.9 Å². The number of amides is 1. The van der Waals surface area contributed by atoms with E-state index < -0.39 is 0 Å². The Morgan fingerprint density at radius 3 is 2.48 bits per heavy atom. The summed E-state index contributed by atoms with van der Waals surface area (Å²) in [6.07, 6.45) is 2.43. The number of rotatable bonds is 5. The van der Waals surface area contributed by atoms with Gasteiger partial charge in [-0.15, -0.1) is 0 Å². The third kappa shape index (κ3) is 4.09. The molecular formula is C14H18BrNO5. The molecule has 0 aliphatic carbocycles. The summed E-state index contributed by atoms with van der Waals surface area (Å²) >= 11 is 3.35. The van der Waals surface area contributed by atoms with Crippen molar-refractivity contribution < 1.29 is 23.8 Å². The topological polar surface area (TPSA) is 66.0 Å². The van der Waals surface area contributed by atoms with E-state index in [4.69, 9.17) is 19.0 Å². The van der Waals surface area contributed by atoms with Gasteiger partial charge in [0.1, 0.15) is 16.0 Å². The highest BCUT2D eigenvalue weighted by Crippen LogP contribution is 2.35. The van der Waals surface area contributed by atoms with Crippen LogP contribution < -0.4 is 15.0 Å². The molecule has 1 fully saturated rings. The number of ether oxygens (including phenoxy) is 3. The van der Waals surface area contributed by atoms with Gasteiger partial charge in [0.15, 0.2) is 6.29 Å². The van der Waals surface area contributed by atoms with E-state index in [1.54, 1.807) is 12.1 Å². The molecule has 2 rings (SSSR count). The van der Waals surface area contributed by atoms with Crippen molar-refractivity contribution in [3.8, 4) is 11.5 Å². The zero-order valence-corrected chi connectivity index (χ0v) is 13.6. The number of nitrogens with one attached hydrogen (secondary N) is 1. The number of hydrogen-bond donors (Lipinski definition) is 1. The minimum atomic E-state index is -0.387. The average Bonchev–Trinajstić information content (AvgIpc) is 2.53. The average molecular weight is 360 g/mol. The molecule has 1 atom stereocenters. The van der Waals surface area contributed by atoms with Crippen molar-refractivity contribution in [2.75, 3.05) is 20.8 Å². The Hall–Kier alpha value is -1.31. The van der Waals surface area contributed by atoms with E-state index in [0.717, 1.165) is 19.3 Å². The monoisotopic (exact) mass is 359 g/mol. The number of hydroxylamine groups is 1. The van der Waals surface area contributed by atoms with Crippen LogP contribution in [-0.4, -0.2) is 33.0 Å². The van der Waals surface area contributed by atoms with Crippen molar-refractivity contribution in [1.82, 2.24) is 5.48 Å². The van der Waals surface area contributed by atoms with Gasteiger partial charge in [0.05, 0.1) is 14.2 Å². The second-order valence-electron chi connectivity index (χ2n) is 4.54. The van der Waals surface area contributed by atoms with Crippen molar-refractivity contribution in [2.45, 2.75) is 25.6 Å². The number of halogens is 1. The van der Waals surface area contributed by atoms with Crippen LogP contribution in [-0.2, 0) is 9.57 Å². The van der Waals surface area contributed by atoms with Gasteiger partial charge >= 0.3 is 0 Å². The molecule has 0 spiro atoms. The van der Waals surface area contributed by atoms with Crippen LogP contribution in [0.1, 0.15) is 29.6 Å². The van der Waals surface area contributed by atoms with Crippen LogP contribution in [0.4, 0.5) is 0 Å². The highest BCUT2D eigenvalue weighted by Gasteiger charge is 2.18. The summed E-state index contributed by atoms with van der Waals surface area (Å²) in [4.78, 5) is 17.4. The first-order chi connectivity index (χ1) is 10.2. The molecule has 1 aromatic rings. The lowest BCUT2D eigenvalue weighted by atomic mass is 10.2. The maximum Gasteiger partial charge on any atom is 0.275 e. The predicted octanol–water partition coefficient (Wildman–Crippen LogP) is 2.65. The van der Waals surface area contributed by atoms with Gasteiger partial charge in [-0.1, -0.05) is 0 Å². The van der Waals surface area contributed by atoms with E-state index in [2.05, 4.69) is 21.4 Å². The molecule has 1 aliphatic rings. The summed E-state index contributed by atoms with van der Waals surface area (Å²) in [5, 5.41) is 0. The molecule has 1 aromatic carbocycles. The van der Waals surface area contributed by atoms with E-state index in [1.165, 1.54) is 14.2 Å². The Balaban J connectivity index is 2.04. The Bertz CT molecular complexity index is 477. The first-order valence-electron chi connectivity index (χ1n) is 6.65. The summed E-state index contributed by atoms with van der Waals surface area (Å²) in [5.74, 6) is 0.634. The van der Waals surface area contributed by atoms with Gasteiger partial charge in [-0.25, -0.2) is 10.3 Å². The SMILES string of the molecule is COc1cc(C(=O)NO[C@H]2CCCCO2)cc(OC)c1Br. The van der Waals surface area contributed by atoms with Crippen LogP contribution in [0.15, 0.2) is 16.6 Å². The van der Waals surface area contributed by atoms with Gasteiger partial charge in [0.2, 0.25) is 0 Å². The molecule has 0 saturated carbocycles. The summed E-state index contributed by atoms with van der Waals surface area (Å²) in [7, 11) is 3.04. The summed E-state index contributed by atoms with van der Waals surface area (Å²) in [6, 6.07) is 3.21. The van der Waals surface area contributed by atoms with E-state index in [0.29, 0.717) is 28.1 Å². The Morgan fingerprint density at radius 1 is 1.29 bits per heavy atom. The van der Waals surface area contributed by atoms with Crippen LogP contribution >= 0.6 is 15.9 Å². The minimum absolute atomic E-state index is 0.378. The minimum Gasteiger partial charge on any atom is -0.495 e. The van der Waals surface area contributed by atoms with Gasteiger partial charge in [0, 0.05) is 18.6 Å². The van der Waals surface area contributed by atoms with Crippen molar-refractivity contribution in [1.29, 1.82) is 0 Å². The molecule has 0 aromatic heterocycles. The molecule has 1 aliphatic heterocycles. The van der Waals surface area contributed by atoms with Crippen molar-refractivity contribution in [2.24, 2.45) is 0 Å². The lowest BCUT2D eigenvalue weighted by molar-refractivity contribution is -0.186. The van der Waals surface area contributed by atoms with E-state index in [9.17, 15) is 4.79 Å². The van der Waals surface area contributed by atoms with Crippen LogP contribution in [0.25, 0.3) is 0 Å². The fourth-order valence-electron chi connectivity index (χ4n) is 1.98. The quantitative estimate of drug-likeness (QED) is 0.818. The summed E-state index contributed by atoms with van der Waals surface area (Å²) < 4.78 is 16.4. The molecule has 0 bridgehead atoms. The van der Waals surface area contributed by atoms with E-state index in [1.807, 2.05) is 0 Å². The lowest BCUT2D eigenvalue weighted by Crippen LogP contribution is -2.33. The second kappa shape index (κ2) is 7.63. The number of carbonyl (C=O) groups excluding carboxylic acids is 1. The molecule has 21 heavy (non-hydrogen) atoms. The van der Waals surface area contributed by atoms with Crippen molar-refractivity contribution in [3.05, 3.63) is 22.2 Å². The number of hydrogen-bond acceptors (Lipinski definition) is 5. The fourth-order valence-corrected chi connectivity index (χ4v) is 2.54.